The van der Waals surface area contributed by atoms with Gasteiger partial charge in [0.25, 0.3) is 0 Å². The fourth-order valence-corrected chi connectivity index (χ4v) is 3.02. The van der Waals surface area contributed by atoms with Crippen LogP contribution in [0, 0.1) is 0 Å². The predicted octanol–water partition coefficient (Wildman–Crippen LogP) is 2.06. The van der Waals surface area contributed by atoms with Gasteiger partial charge in [-0.2, -0.15) is 0 Å². The van der Waals surface area contributed by atoms with Gasteiger partial charge in [-0.1, -0.05) is 30.3 Å². The van der Waals surface area contributed by atoms with E-state index in [0.717, 1.165) is 41.1 Å². The summed E-state index contributed by atoms with van der Waals surface area (Å²) in [6.45, 7) is 3.06. The quantitative estimate of drug-likeness (QED) is 0.786. The lowest BCUT2D eigenvalue weighted by atomic mass is 10.1. The predicted molar refractivity (Wildman–Crippen MR) is 96.6 cm³/mol. The molecule has 0 spiro atoms. The largest absolute Gasteiger partial charge is 0.396 e. The average Bonchev–Trinajstić information content (AvgIpc) is 2.68. The van der Waals surface area contributed by atoms with Crippen molar-refractivity contribution >= 4 is 16.9 Å². The number of aliphatic hydroxyl groups excluding tert-OH is 1. The first-order valence-corrected chi connectivity index (χ1v) is 8.51. The SMILES string of the molecule is OCCc1cnc2c(N3CCOCC3)nc(-c3ccccc3)nc2c1. The highest BCUT2D eigenvalue weighted by Gasteiger charge is 2.19. The highest BCUT2D eigenvalue weighted by molar-refractivity contribution is 5.87. The molecule has 1 aromatic carbocycles. The lowest BCUT2D eigenvalue weighted by Gasteiger charge is -2.28. The van der Waals surface area contributed by atoms with Gasteiger partial charge in [0, 0.05) is 31.5 Å². The van der Waals surface area contributed by atoms with Crippen LogP contribution >= 0.6 is 0 Å². The molecule has 1 fully saturated rings. The van der Waals surface area contributed by atoms with E-state index in [1.165, 1.54) is 0 Å². The Morgan fingerprint density at radius 2 is 1.88 bits per heavy atom. The average molecular weight is 336 g/mol. The Labute approximate surface area is 146 Å². The van der Waals surface area contributed by atoms with Crippen molar-refractivity contribution in [3.63, 3.8) is 0 Å². The lowest BCUT2D eigenvalue weighted by Crippen LogP contribution is -2.37. The van der Waals surface area contributed by atoms with E-state index in [2.05, 4.69) is 9.88 Å². The molecule has 0 radical (unpaired) electrons. The van der Waals surface area contributed by atoms with Crippen molar-refractivity contribution in [3.8, 4) is 11.4 Å². The number of nitrogens with zero attached hydrogens (tertiary/aromatic N) is 4. The Balaban J connectivity index is 1.87. The van der Waals surface area contributed by atoms with Crippen LogP contribution in [-0.4, -0.2) is 53.0 Å². The highest BCUT2D eigenvalue weighted by Crippen LogP contribution is 2.27. The van der Waals surface area contributed by atoms with Crippen molar-refractivity contribution in [2.45, 2.75) is 6.42 Å². The van der Waals surface area contributed by atoms with E-state index < -0.39 is 0 Å². The van der Waals surface area contributed by atoms with Gasteiger partial charge in [0.2, 0.25) is 0 Å². The minimum atomic E-state index is 0.0974. The molecule has 1 aliphatic heterocycles. The number of rotatable bonds is 4. The zero-order valence-electron chi connectivity index (χ0n) is 13.9. The Morgan fingerprint density at radius 1 is 1.08 bits per heavy atom. The number of benzene rings is 1. The number of anilines is 1. The van der Waals surface area contributed by atoms with Crippen molar-refractivity contribution in [2.24, 2.45) is 0 Å². The summed E-state index contributed by atoms with van der Waals surface area (Å²) in [5, 5.41) is 9.20. The number of aliphatic hydroxyl groups is 1. The second kappa shape index (κ2) is 7.13. The van der Waals surface area contributed by atoms with E-state index in [1.807, 2.05) is 36.4 Å². The molecule has 6 heteroatoms. The third-order valence-corrected chi connectivity index (χ3v) is 4.32. The van der Waals surface area contributed by atoms with Gasteiger partial charge in [-0.05, 0) is 18.1 Å². The number of fused-ring (bicyclic) bond motifs is 1. The summed E-state index contributed by atoms with van der Waals surface area (Å²) in [6, 6.07) is 12.0. The molecule has 1 saturated heterocycles. The van der Waals surface area contributed by atoms with Crippen LogP contribution in [0.1, 0.15) is 5.56 Å². The molecular formula is C19H20N4O2. The maximum absolute atomic E-state index is 9.20. The van der Waals surface area contributed by atoms with E-state index in [9.17, 15) is 5.11 Å². The van der Waals surface area contributed by atoms with E-state index in [4.69, 9.17) is 14.7 Å². The van der Waals surface area contributed by atoms with Crippen molar-refractivity contribution < 1.29 is 9.84 Å². The first kappa shape index (κ1) is 15.9. The normalized spacial score (nSPS) is 14.8. The van der Waals surface area contributed by atoms with Gasteiger partial charge in [0.1, 0.15) is 5.52 Å². The number of morpholine rings is 1. The molecule has 25 heavy (non-hydrogen) atoms. The molecule has 2 aromatic heterocycles. The number of aromatic nitrogens is 3. The standard InChI is InChI=1S/C19H20N4O2/c24-9-6-14-12-16-17(20-13-14)19(23-7-10-25-11-8-23)22-18(21-16)15-4-2-1-3-5-15/h1-5,12-13,24H,6-11H2. The molecule has 0 aliphatic carbocycles. The molecule has 6 nitrogen and oxygen atoms in total. The number of hydrogen-bond acceptors (Lipinski definition) is 6. The van der Waals surface area contributed by atoms with E-state index in [-0.39, 0.29) is 6.61 Å². The molecule has 1 aliphatic rings. The molecule has 3 heterocycles. The molecule has 128 valence electrons. The third-order valence-electron chi connectivity index (χ3n) is 4.32. The minimum absolute atomic E-state index is 0.0974. The molecule has 0 amide bonds. The molecule has 0 atom stereocenters. The Morgan fingerprint density at radius 3 is 2.64 bits per heavy atom. The van der Waals surface area contributed by atoms with Gasteiger partial charge >= 0.3 is 0 Å². The number of hydrogen-bond donors (Lipinski definition) is 1. The van der Waals surface area contributed by atoms with Crippen molar-refractivity contribution in [3.05, 3.63) is 48.2 Å². The molecule has 3 aromatic rings. The summed E-state index contributed by atoms with van der Waals surface area (Å²) >= 11 is 0. The van der Waals surface area contributed by atoms with Crippen LogP contribution < -0.4 is 4.90 Å². The van der Waals surface area contributed by atoms with E-state index in [1.54, 1.807) is 6.20 Å². The molecule has 0 bridgehead atoms. The van der Waals surface area contributed by atoms with E-state index >= 15 is 0 Å². The highest BCUT2D eigenvalue weighted by atomic mass is 16.5. The van der Waals surface area contributed by atoms with Crippen LogP contribution in [0.15, 0.2) is 42.6 Å². The summed E-state index contributed by atoms with van der Waals surface area (Å²) in [5.41, 5.74) is 3.55. The molecule has 1 N–H and O–H groups in total. The van der Waals surface area contributed by atoms with Crippen LogP contribution in [0.5, 0.6) is 0 Å². The molecule has 0 unspecified atom stereocenters. The van der Waals surface area contributed by atoms with Crippen LogP contribution in [0.4, 0.5) is 5.82 Å². The maximum Gasteiger partial charge on any atom is 0.162 e. The molecule has 0 saturated carbocycles. The Kier molecular flexibility index (Phi) is 4.54. The summed E-state index contributed by atoms with van der Waals surface area (Å²) in [6.07, 6.45) is 2.37. The summed E-state index contributed by atoms with van der Waals surface area (Å²) in [5.74, 6) is 1.54. The zero-order chi connectivity index (χ0) is 17.1. The second-order valence-corrected chi connectivity index (χ2v) is 6.02. The second-order valence-electron chi connectivity index (χ2n) is 6.02. The van der Waals surface area contributed by atoms with E-state index in [0.29, 0.717) is 25.5 Å². The smallest absolute Gasteiger partial charge is 0.162 e. The maximum atomic E-state index is 9.20. The first-order valence-electron chi connectivity index (χ1n) is 8.51. The van der Waals surface area contributed by atoms with Gasteiger partial charge in [-0.15, -0.1) is 0 Å². The van der Waals surface area contributed by atoms with Crippen LogP contribution in [-0.2, 0) is 11.2 Å². The molecule has 4 rings (SSSR count). The Bertz CT molecular complexity index is 864. The fraction of sp³-hybridized carbons (Fsp3) is 0.316. The van der Waals surface area contributed by atoms with Gasteiger partial charge in [0.15, 0.2) is 11.6 Å². The van der Waals surface area contributed by atoms with Gasteiger partial charge in [-0.25, -0.2) is 9.97 Å². The number of pyridine rings is 1. The van der Waals surface area contributed by atoms with Gasteiger partial charge in [0.05, 0.1) is 18.7 Å². The van der Waals surface area contributed by atoms with Crippen molar-refractivity contribution in [1.29, 1.82) is 0 Å². The monoisotopic (exact) mass is 336 g/mol. The fourth-order valence-electron chi connectivity index (χ4n) is 3.02. The topological polar surface area (TPSA) is 71.4 Å². The summed E-state index contributed by atoms with van der Waals surface area (Å²) in [4.78, 5) is 16.3. The Hall–Kier alpha value is -2.57. The summed E-state index contributed by atoms with van der Waals surface area (Å²) < 4.78 is 5.47. The van der Waals surface area contributed by atoms with Crippen LogP contribution in [0.25, 0.3) is 22.4 Å². The van der Waals surface area contributed by atoms with Gasteiger partial charge < -0.3 is 14.7 Å². The minimum Gasteiger partial charge on any atom is -0.396 e. The first-order chi connectivity index (χ1) is 12.3. The number of ether oxygens (including phenoxy) is 1. The van der Waals surface area contributed by atoms with Crippen molar-refractivity contribution in [2.75, 3.05) is 37.8 Å². The van der Waals surface area contributed by atoms with Crippen LogP contribution in [0.2, 0.25) is 0 Å². The zero-order valence-corrected chi connectivity index (χ0v) is 13.9. The van der Waals surface area contributed by atoms with Gasteiger partial charge in [-0.3, -0.25) is 4.98 Å². The molecular weight excluding hydrogens is 316 g/mol. The van der Waals surface area contributed by atoms with Crippen LogP contribution in [0.3, 0.4) is 0 Å². The van der Waals surface area contributed by atoms with Crippen molar-refractivity contribution in [1.82, 2.24) is 15.0 Å². The lowest BCUT2D eigenvalue weighted by molar-refractivity contribution is 0.122. The summed E-state index contributed by atoms with van der Waals surface area (Å²) in [7, 11) is 0. The third kappa shape index (κ3) is 3.31.